The number of carbonyl (C=O) groups is 1. The molecule has 92 valence electrons. The lowest BCUT2D eigenvalue weighted by atomic mass is 10.1. The zero-order valence-corrected chi connectivity index (χ0v) is 12.2. The van der Waals surface area contributed by atoms with Crippen LogP contribution in [0, 0.1) is 5.92 Å². The molecule has 5 nitrogen and oxygen atoms in total. The molecule has 17 heavy (non-hydrogen) atoms. The van der Waals surface area contributed by atoms with E-state index >= 15 is 0 Å². The molecule has 1 aromatic heterocycles. The third-order valence-corrected chi connectivity index (χ3v) is 3.54. The van der Waals surface area contributed by atoms with Crippen molar-refractivity contribution in [3.8, 4) is 0 Å². The number of halogens is 2. The molecule has 0 saturated heterocycles. The Bertz CT molecular complexity index is 436. The van der Waals surface area contributed by atoms with Gasteiger partial charge in [0.1, 0.15) is 9.21 Å². The smallest absolute Gasteiger partial charge is 0.227 e. The molecule has 0 aliphatic heterocycles. The Morgan fingerprint density at radius 2 is 2.29 bits per heavy atom. The molecule has 0 spiro atoms. The summed E-state index contributed by atoms with van der Waals surface area (Å²) in [6, 6.07) is -0.0443. The second-order valence-electron chi connectivity index (χ2n) is 4.09. The summed E-state index contributed by atoms with van der Waals surface area (Å²) in [4.78, 5) is 19.8. The van der Waals surface area contributed by atoms with Gasteiger partial charge in [-0.2, -0.15) is 0 Å². The summed E-state index contributed by atoms with van der Waals surface area (Å²) in [7, 11) is 0. The monoisotopic (exact) mass is 362 g/mol. The van der Waals surface area contributed by atoms with E-state index in [1.54, 1.807) is 0 Å². The average Bonchev–Trinajstić information content (AvgIpc) is 3.05. The van der Waals surface area contributed by atoms with Gasteiger partial charge in [-0.15, -0.1) is 0 Å². The highest BCUT2D eigenvalue weighted by Crippen LogP contribution is 2.32. The fourth-order valence-electron chi connectivity index (χ4n) is 1.52. The van der Waals surface area contributed by atoms with Crippen molar-refractivity contribution in [2.75, 3.05) is 5.32 Å². The summed E-state index contributed by atoms with van der Waals surface area (Å²) < 4.78 is 1.11. The van der Waals surface area contributed by atoms with E-state index in [2.05, 4.69) is 47.1 Å². The number of nitrogens with two attached hydrogens (primary N) is 1. The fraction of sp³-hybridized carbons (Fsp3) is 0.500. The molecule has 1 atom stereocenters. The zero-order valence-electron chi connectivity index (χ0n) is 8.99. The van der Waals surface area contributed by atoms with Crippen LogP contribution in [-0.2, 0) is 4.79 Å². The predicted octanol–water partition coefficient (Wildman–Crippen LogP) is 2.07. The van der Waals surface area contributed by atoms with E-state index in [0.717, 1.165) is 12.8 Å². The Labute approximate surface area is 116 Å². The Balaban J connectivity index is 1.92. The second kappa shape index (κ2) is 5.41. The molecule has 1 fully saturated rings. The molecular weight excluding hydrogens is 352 g/mol. The van der Waals surface area contributed by atoms with Crippen molar-refractivity contribution in [1.29, 1.82) is 0 Å². The van der Waals surface area contributed by atoms with Crippen LogP contribution in [0.3, 0.4) is 0 Å². The summed E-state index contributed by atoms with van der Waals surface area (Å²) in [6.07, 6.45) is 4.13. The summed E-state index contributed by atoms with van der Waals surface area (Å²) in [5.41, 5.74) is 5.88. The van der Waals surface area contributed by atoms with Gasteiger partial charge in [-0.05, 0) is 50.6 Å². The van der Waals surface area contributed by atoms with Crippen LogP contribution in [0.25, 0.3) is 0 Å². The van der Waals surface area contributed by atoms with Crippen molar-refractivity contribution in [3.63, 3.8) is 0 Å². The maximum atomic E-state index is 11.7. The summed E-state index contributed by atoms with van der Waals surface area (Å²) in [6.45, 7) is 0. The Morgan fingerprint density at radius 1 is 1.59 bits per heavy atom. The van der Waals surface area contributed by atoms with Crippen molar-refractivity contribution in [3.05, 3.63) is 15.4 Å². The lowest BCUT2D eigenvalue weighted by molar-refractivity contribution is -0.116. The lowest BCUT2D eigenvalue weighted by Gasteiger charge is -2.10. The van der Waals surface area contributed by atoms with Crippen LogP contribution in [0.1, 0.15) is 19.3 Å². The van der Waals surface area contributed by atoms with Gasteiger partial charge in [0, 0.05) is 12.5 Å². The third-order valence-electron chi connectivity index (χ3n) is 2.61. The first-order valence-corrected chi connectivity index (χ1v) is 6.88. The van der Waals surface area contributed by atoms with E-state index < -0.39 is 0 Å². The Morgan fingerprint density at radius 3 is 2.88 bits per heavy atom. The molecule has 0 radical (unpaired) electrons. The van der Waals surface area contributed by atoms with Crippen molar-refractivity contribution in [2.24, 2.45) is 11.7 Å². The maximum Gasteiger partial charge on any atom is 0.227 e. The highest BCUT2D eigenvalue weighted by Gasteiger charge is 2.29. The first-order chi connectivity index (χ1) is 8.06. The van der Waals surface area contributed by atoms with Gasteiger partial charge in [0.05, 0.1) is 6.20 Å². The van der Waals surface area contributed by atoms with Crippen molar-refractivity contribution < 1.29 is 4.79 Å². The van der Waals surface area contributed by atoms with E-state index in [0.29, 0.717) is 27.4 Å². The van der Waals surface area contributed by atoms with Gasteiger partial charge in [-0.3, -0.25) is 4.79 Å². The zero-order chi connectivity index (χ0) is 12.4. The predicted molar refractivity (Wildman–Crippen MR) is 71.4 cm³/mol. The molecule has 7 heteroatoms. The van der Waals surface area contributed by atoms with Gasteiger partial charge >= 0.3 is 0 Å². The highest BCUT2D eigenvalue weighted by molar-refractivity contribution is 9.11. The number of hydrogen-bond acceptors (Lipinski definition) is 4. The average molecular weight is 364 g/mol. The minimum Gasteiger partial charge on any atom is -0.327 e. The van der Waals surface area contributed by atoms with Crippen LogP contribution in [0.15, 0.2) is 15.4 Å². The number of nitrogens with zero attached hydrogens (tertiary/aromatic N) is 2. The molecule has 1 saturated carbocycles. The molecule has 3 N–H and O–H groups in total. The van der Waals surface area contributed by atoms with Crippen molar-refractivity contribution in [2.45, 2.75) is 25.3 Å². The molecule has 1 aliphatic carbocycles. The van der Waals surface area contributed by atoms with Gasteiger partial charge in [-0.1, -0.05) is 0 Å². The van der Waals surface area contributed by atoms with Crippen LogP contribution in [0.4, 0.5) is 5.82 Å². The molecule has 1 aromatic rings. The normalized spacial score (nSPS) is 16.6. The van der Waals surface area contributed by atoms with E-state index in [-0.39, 0.29) is 11.9 Å². The summed E-state index contributed by atoms with van der Waals surface area (Å²) >= 11 is 6.43. The lowest BCUT2D eigenvalue weighted by Crippen LogP contribution is -2.29. The van der Waals surface area contributed by atoms with Gasteiger partial charge in [0.2, 0.25) is 5.91 Å². The maximum absolute atomic E-state index is 11.7. The molecule has 1 amide bonds. The van der Waals surface area contributed by atoms with Crippen LogP contribution < -0.4 is 11.1 Å². The van der Waals surface area contributed by atoms with Gasteiger partial charge < -0.3 is 11.1 Å². The molecule has 2 rings (SSSR count). The summed E-state index contributed by atoms with van der Waals surface area (Å²) in [5.74, 6) is 0.808. The van der Waals surface area contributed by atoms with Gasteiger partial charge in [-0.25, -0.2) is 9.97 Å². The molecule has 0 bridgehead atoms. The first-order valence-electron chi connectivity index (χ1n) is 5.29. The van der Waals surface area contributed by atoms with Crippen LogP contribution in [0.2, 0.25) is 0 Å². The number of carbonyl (C=O) groups excluding carboxylic acids is 1. The largest absolute Gasteiger partial charge is 0.327 e. The molecule has 1 heterocycles. The van der Waals surface area contributed by atoms with Crippen molar-refractivity contribution in [1.82, 2.24) is 9.97 Å². The topological polar surface area (TPSA) is 80.9 Å². The third kappa shape index (κ3) is 3.72. The van der Waals surface area contributed by atoms with E-state index in [1.807, 2.05) is 0 Å². The Hall–Kier alpha value is -0.530. The van der Waals surface area contributed by atoms with Gasteiger partial charge in [0.25, 0.3) is 0 Å². The standard InChI is InChI=1S/C10H12Br2N4O/c11-7-4-14-10(9(12)15-7)16-8(17)3-6(13)5-1-2-5/h4-6H,1-3,13H2,(H,14,16,17). The number of aromatic nitrogens is 2. The van der Waals surface area contributed by atoms with Gasteiger partial charge in [0.15, 0.2) is 5.82 Å². The van der Waals surface area contributed by atoms with E-state index in [9.17, 15) is 4.79 Å². The highest BCUT2D eigenvalue weighted by atomic mass is 79.9. The number of hydrogen-bond donors (Lipinski definition) is 2. The molecule has 0 aromatic carbocycles. The first kappa shape index (κ1) is 12.9. The number of anilines is 1. The Kier molecular flexibility index (Phi) is 4.11. The van der Waals surface area contributed by atoms with Crippen LogP contribution in [0.5, 0.6) is 0 Å². The quantitative estimate of drug-likeness (QED) is 0.857. The van der Waals surface area contributed by atoms with Crippen LogP contribution >= 0.6 is 31.9 Å². The van der Waals surface area contributed by atoms with E-state index in [1.165, 1.54) is 6.20 Å². The number of nitrogens with one attached hydrogen (secondary N) is 1. The van der Waals surface area contributed by atoms with Crippen molar-refractivity contribution >= 4 is 43.6 Å². The summed E-state index contributed by atoms with van der Waals surface area (Å²) in [5, 5.41) is 2.69. The van der Waals surface area contributed by atoms with E-state index in [4.69, 9.17) is 5.73 Å². The SMILES string of the molecule is NC(CC(=O)Nc1ncc(Br)nc1Br)C1CC1. The molecule has 1 unspecified atom stereocenters. The molecule has 1 aliphatic rings. The minimum absolute atomic E-state index is 0.0443. The number of rotatable bonds is 4. The van der Waals surface area contributed by atoms with Crippen LogP contribution in [-0.4, -0.2) is 21.9 Å². The number of amides is 1. The minimum atomic E-state index is -0.123. The molecular formula is C10H12Br2N4O. The second-order valence-corrected chi connectivity index (χ2v) is 5.65. The fourth-order valence-corrected chi connectivity index (χ4v) is 2.43.